The predicted molar refractivity (Wildman–Crippen MR) is 288 cm³/mol. The molecule has 0 amide bonds. The Morgan fingerprint density at radius 2 is 0.723 bits per heavy atom. The van der Waals surface area contributed by atoms with E-state index >= 15 is 0 Å². The molecule has 25 nitrogen and oxygen atoms in total. The van der Waals surface area contributed by atoms with Gasteiger partial charge < -0.3 is 118 Å². The third-order valence-electron chi connectivity index (χ3n) is 16.3. The second-order valence-electron chi connectivity index (χ2n) is 21.0. The highest BCUT2D eigenvalue weighted by atomic mass is 16.8. The maximum atomic E-state index is 6.98. The Balaban J connectivity index is 0.990. The molecule has 2 aromatic carbocycles. The van der Waals surface area contributed by atoms with Crippen molar-refractivity contribution in [2.75, 3.05) is 125 Å². The Morgan fingerprint density at radius 3 is 1.12 bits per heavy atom. The number of hydrogen-bond acceptors (Lipinski definition) is 25. The molecular weight excluding hydrogens is 1100 g/mol. The highest BCUT2D eigenvalue weighted by molar-refractivity contribution is 5.17. The summed E-state index contributed by atoms with van der Waals surface area (Å²) < 4.78 is 159. The van der Waals surface area contributed by atoms with Gasteiger partial charge in [-0.15, -0.1) is 0 Å². The summed E-state index contributed by atoms with van der Waals surface area (Å²) in [6, 6.07) is 19.5. The summed E-state index contributed by atoms with van der Waals surface area (Å²) in [7, 11) is 20.2. The van der Waals surface area contributed by atoms with Gasteiger partial charge in [0.25, 0.3) is 0 Å². The summed E-state index contributed by atoms with van der Waals surface area (Å²) in [6.45, 7) is 2.76. The number of fused-ring (bicyclic) bond motifs is 1. The number of methoxy groups -OCH3 is 13. The Kier molecular flexibility index (Phi) is 26.1. The number of hydrogen-bond donors (Lipinski definition) is 0. The maximum Gasteiger partial charge on any atom is 0.187 e. The van der Waals surface area contributed by atoms with Crippen molar-refractivity contribution in [1.29, 1.82) is 0 Å². The lowest BCUT2D eigenvalue weighted by Crippen LogP contribution is -2.69. The number of benzene rings is 2. The molecule has 6 saturated heterocycles. The standard InChI is InChI=1S/C58H90O25/c1-31-39(62-5)45(63-6)43(37(74-31)29-72-25-32-21-17-15-18-22-32)83-57-52(70-13)47(65-8)41(35(77-57)27-60-3)81-55-50(68-11)46(64-7)40(34(75-55)26-59-2)80-56-51(69-12)48(66-9)42(36(76-56)28-61-4)82-58-53(71-14)49(67-10)44-38(78-58)30-73-54(79-44)33-23-19-16-20-24-33/h15-24,31,34-58H,25-30H2,1-14H3/t31-,34-,35-,36?,37?,38?,39?,40+,41+,42+,43+,44+,45+,46?,47?,48-,49-,50?,51?,52?,53?,54?,55+,56-,57-,58-/m0/s1. The zero-order chi connectivity index (χ0) is 59.2. The third kappa shape index (κ3) is 15.1. The molecule has 2 aromatic rings. The fraction of sp³-hybridized carbons (Fsp3) is 0.793. The van der Waals surface area contributed by atoms with Gasteiger partial charge >= 0.3 is 0 Å². The molecule has 0 spiro atoms. The van der Waals surface area contributed by atoms with E-state index < -0.39 is 154 Å². The van der Waals surface area contributed by atoms with Gasteiger partial charge in [0, 0.05) is 98.0 Å². The van der Waals surface area contributed by atoms with Crippen molar-refractivity contribution in [3.8, 4) is 0 Å². The van der Waals surface area contributed by atoms with Crippen molar-refractivity contribution in [1.82, 2.24) is 0 Å². The van der Waals surface area contributed by atoms with E-state index in [1.807, 2.05) is 67.6 Å². The molecule has 0 bridgehead atoms. The zero-order valence-electron chi connectivity index (χ0n) is 50.2. The molecule has 26 atom stereocenters. The smallest absolute Gasteiger partial charge is 0.187 e. The molecule has 0 aliphatic carbocycles. The van der Waals surface area contributed by atoms with E-state index in [1.165, 1.54) is 28.4 Å². The molecule has 6 heterocycles. The highest BCUT2D eigenvalue weighted by Gasteiger charge is 2.59. The van der Waals surface area contributed by atoms with Gasteiger partial charge in [0.15, 0.2) is 31.5 Å². The molecule has 6 aliphatic heterocycles. The second kappa shape index (κ2) is 32.6. The lowest BCUT2D eigenvalue weighted by atomic mass is 9.94. The highest BCUT2D eigenvalue weighted by Crippen LogP contribution is 2.41. The zero-order valence-corrected chi connectivity index (χ0v) is 50.2. The van der Waals surface area contributed by atoms with Gasteiger partial charge in [0.1, 0.15) is 122 Å². The molecule has 6 aliphatic rings. The normalized spacial score (nSPS) is 41.4. The van der Waals surface area contributed by atoms with Crippen molar-refractivity contribution >= 4 is 0 Å². The van der Waals surface area contributed by atoms with E-state index in [-0.39, 0.29) is 39.1 Å². The van der Waals surface area contributed by atoms with Crippen LogP contribution in [0.1, 0.15) is 24.3 Å². The first-order valence-electron chi connectivity index (χ1n) is 28.1. The Morgan fingerprint density at radius 1 is 0.361 bits per heavy atom. The average Bonchev–Trinajstić information content (AvgIpc) is 3.57. The monoisotopic (exact) mass is 1190 g/mol. The summed E-state index contributed by atoms with van der Waals surface area (Å²) in [5.41, 5.74) is 1.87. The largest absolute Gasteiger partial charge is 0.382 e. The van der Waals surface area contributed by atoms with Crippen molar-refractivity contribution in [2.24, 2.45) is 0 Å². The van der Waals surface area contributed by atoms with E-state index in [1.54, 1.807) is 64.0 Å². The molecule has 11 unspecified atom stereocenters. The van der Waals surface area contributed by atoms with Crippen molar-refractivity contribution in [3.63, 3.8) is 0 Å². The van der Waals surface area contributed by atoms with Crippen LogP contribution in [0.2, 0.25) is 0 Å². The van der Waals surface area contributed by atoms with Crippen LogP contribution in [0.3, 0.4) is 0 Å². The molecule has 0 saturated carbocycles. The molecular formula is C58H90O25. The molecule has 0 N–H and O–H groups in total. The Bertz CT molecular complexity index is 2120. The minimum absolute atomic E-state index is 0.0142. The number of ether oxygens (including phenoxy) is 25. The van der Waals surface area contributed by atoms with Crippen LogP contribution in [0, 0.1) is 0 Å². The predicted octanol–water partition coefficient (Wildman–Crippen LogP) is 2.63. The molecule has 8 rings (SSSR count). The molecule has 0 aromatic heterocycles. The van der Waals surface area contributed by atoms with Gasteiger partial charge in [-0.1, -0.05) is 60.7 Å². The quantitative estimate of drug-likeness (QED) is 0.114. The molecule has 25 heteroatoms. The van der Waals surface area contributed by atoms with Crippen LogP contribution in [-0.2, 0) is 125 Å². The topological polar surface area (TPSA) is 231 Å². The summed E-state index contributed by atoms with van der Waals surface area (Å²) in [4.78, 5) is 0. The fourth-order valence-corrected chi connectivity index (χ4v) is 12.3. The van der Waals surface area contributed by atoms with Crippen LogP contribution in [0.5, 0.6) is 0 Å². The summed E-state index contributed by atoms with van der Waals surface area (Å²) in [5.74, 6) is 0. The van der Waals surface area contributed by atoms with Gasteiger partial charge in [-0.05, 0) is 12.5 Å². The van der Waals surface area contributed by atoms with Crippen LogP contribution in [-0.4, -0.2) is 279 Å². The van der Waals surface area contributed by atoms with Gasteiger partial charge in [-0.25, -0.2) is 0 Å². The molecule has 0 radical (unpaired) electrons. The van der Waals surface area contributed by atoms with Gasteiger partial charge in [0.2, 0.25) is 0 Å². The second-order valence-corrected chi connectivity index (χ2v) is 21.0. The lowest BCUT2D eigenvalue weighted by Gasteiger charge is -2.52. The van der Waals surface area contributed by atoms with Crippen LogP contribution in [0.4, 0.5) is 0 Å². The van der Waals surface area contributed by atoms with E-state index in [0.717, 1.165) is 11.1 Å². The van der Waals surface area contributed by atoms with E-state index in [4.69, 9.17) is 118 Å². The average molecular weight is 1190 g/mol. The summed E-state index contributed by atoms with van der Waals surface area (Å²) in [5, 5.41) is 0. The van der Waals surface area contributed by atoms with E-state index in [9.17, 15) is 0 Å². The summed E-state index contributed by atoms with van der Waals surface area (Å²) >= 11 is 0. The first-order valence-corrected chi connectivity index (χ1v) is 28.1. The first kappa shape index (κ1) is 66.4. The Labute approximate surface area is 487 Å². The maximum absolute atomic E-state index is 6.98. The molecule has 83 heavy (non-hydrogen) atoms. The van der Waals surface area contributed by atoms with Crippen LogP contribution >= 0.6 is 0 Å². The van der Waals surface area contributed by atoms with Gasteiger partial charge in [0.05, 0.1) is 45.7 Å². The first-order chi connectivity index (χ1) is 40.5. The van der Waals surface area contributed by atoms with Crippen molar-refractivity contribution in [3.05, 3.63) is 71.8 Å². The Hall–Kier alpha value is -2.56. The van der Waals surface area contributed by atoms with Gasteiger partial charge in [-0.2, -0.15) is 0 Å². The van der Waals surface area contributed by atoms with E-state index in [0.29, 0.717) is 6.61 Å². The molecule has 6 fully saturated rings. The lowest BCUT2D eigenvalue weighted by molar-refractivity contribution is -0.403. The van der Waals surface area contributed by atoms with E-state index in [2.05, 4.69) is 0 Å². The van der Waals surface area contributed by atoms with Crippen molar-refractivity contribution in [2.45, 2.75) is 173 Å². The third-order valence-corrected chi connectivity index (χ3v) is 16.3. The summed E-state index contributed by atoms with van der Waals surface area (Å²) in [6.07, 6.45) is -20.9. The van der Waals surface area contributed by atoms with Crippen LogP contribution in [0.15, 0.2) is 60.7 Å². The van der Waals surface area contributed by atoms with Crippen LogP contribution in [0.25, 0.3) is 0 Å². The molecule has 472 valence electrons. The van der Waals surface area contributed by atoms with Crippen LogP contribution < -0.4 is 0 Å². The van der Waals surface area contributed by atoms with Gasteiger partial charge in [-0.3, -0.25) is 0 Å². The minimum atomic E-state index is -1.15. The fourth-order valence-electron chi connectivity index (χ4n) is 12.3. The number of rotatable bonds is 29. The van der Waals surface area contributed by atoms with Crippen molar-refractivity contribution < 1.29 is 118 Å². The minimum Gasteiger partial charge on any atom is -0.382 e. The SMILES string of the molecule is COCC1O[C@@H](O[C@H]2C(OC)C(OC)[C@@H](O[C@H]3C(OC)C(OC)[C@H](O[C@@H]4C(COCc5ccccc5)O[C@@H](C)C(OC)[C@H]4OC)O[C@H]3COC)O[C@H]2COC)C(OC)[C@@H](OC)[C@@H]1O[C@@H]1OC2COC(c3ccccc3)O[C@H]2[C@H](OC)C1OC.